The summed E-state index contributed by atoms with van der Waals surface area (Å²) in [6.07, 6.45) is 10.3. The molecule has 3 nitrogen and oxygen atoms in total. The molecule has 166 valence electrons. The minimum Gasteiger partial charge on any atom is -0.326 e. The molecule has 0 saturated heterocycles. The van der Waals surface area contributed by atoms with E-state index < -0.39 is 0 Å². The van der Waals surface area contributed by atoms with E-state index in [1.165, 1.54) is 27.6 Å². The fourth-order valence-corrected chi connectivity index (χ4v) is 4.99. The van der Waals surface area contributed by atoms with Gasteiger partial charge >= 0.3 is 0 Å². The van der Waals surface area contributed by atoms with Crippen LogP contribution < -0.4 is 0 Å². The maximum absolute atomic E-state index is 5.17. The third-order valence-corrected chi connectivity index (χ3v) is 6.84. The van der Waals surface area contributed by atoms with Crippen molar-refractivity contribution in [3.05, 3.63) is 89.5 Å². The number of rotatable bonds is 5. The second-order valence-corrected chi connectivity index (χ2v) is 9.37. The molecule has 0 bridgehead atoms. The Labute approximate surface area is 196 Å². The summed E-state index contributed by atoms with van der Waals surface area (Å²) in [6, 6.07) is 14.9. The lowest BCUT2D eigenvalue weighted by Crippen LogP contribution is -2.06. The van der Waals surface area contributed by atoms with E-state index in [2.05, 4.69) is 93.6 Å². The van der Waals surface area contributed by atoms with E-state index in [-0.39, 0.29) is 0 Å². The molecular formula is C30H31N3. The topological polar surface area (TPSA) is 30.7 Å². The van der Waals surface area contributed by atoms with Gasteiger partial charge in [0.2, 0.25) is 0 Å². The van der Waals surface area contributed by atoms with Gasteiger partial charge in [-0.3, -0.25) is 0 Å². The first kappa shape index (κ1) is 21.4. The fourth-order valence-electron chi connectivity index (χ4n) is 4.99. The lowest BCUT2D eigenvalue weighted by Gasteiger charge is -2.19. The lowest BCUT2D eigenvalue weighted by molar-refractivity contribution is 0.687. The highest BCUT2D eigenvalue weighted by atomic mass is 15.1. The maximum Gasteiger partial charge on any atom is 0.159 e. The first-order valence-electron chi connectivity index (χ1n) is 11.8. The predicted octanol–water partition coefficient (Wildman–Crippen LogP) is 7.59. The SMILES string of the molecule is C=C(C)c1cc(-c2nc3ccccc3n2C)nc2c(C)ccc(CC(C)C3=CCCC=C3)c12. The number of benzene rings is 2. The molecule has 0 amide bonds. The van der Waals surface area contributed by atoms with Crippen molar-refractivity contribution in [2.75, 3.05) is 0 Å². The summed E-state index contributed by atoms with van der Waals surface area (Å²) in [4.78, 5) is 10.1. The number of hydrogen-bond donors (Lipinski definition) is 0. The Bertz CT molecular complexity index is 1450. The number of hydrogen-bond acceptors (Lipinski definition) is 2. The van der Waals surface area contributed by atoms with Gasteiger partial charge < -0.3 is 4.57 Å². The minimum absolute atomic E-state index is 0.463. The van der Waals surface area contributed by atoms with Gasteiger partial charge in [0.05, 0.1) is 16.6 Å². The zero-order valence-electron chi connectivity index (χ0n) is 20.0. The molecule has 2 aromatic heterocycles. The van der Waals surface area contributed by atoms with E-state index in [9.17, 15) is 0 Å². The third kappa shape index (κ3) is 3.82. The molecule has 1 aliphatic rings. The molecule has 0 saturated carbocycles. The molecule has 33 heavy (non-hydrogen) atoms. The molecule has 1 unspecified atom stereocenters. The molecule has 0 radical (unpaired) electrons. The number of para-hydroxylation sites is 2. The van der Waals surface area contributed by atoms with E-state index in [4.69, 9.17) is 9.97 Å². The van der Waals surface area contributed by atoms with E-state index >= 15 is 0 Å². The van der Waals surface area contributed by atoms with Crippen molar-refractivity contribution in [1.82, 2.24) is 14.5 Å². The molecule has 0 aliphatic heterocycles. The number of allylic oxidation sites excluding steroid dienone is 5. The van der Waals surface area contributed by atoms with Crippen molar-refractivity contribution < 1.29 is 0 Å². The molecule has 2 aromatic carbocycles. The summed E-state index contributed by atoms with van der Waals surface area (Å²) in [6.45, 7) is 10.9. The molecular weight excluding hydrogens is 402 g/mol. The average Bonchev–Trinajstić information content (AvgIpc) is 3.17. The zero-order chi connectivity index (χ0) is 23.1. The molecule has 0 N–H and O–H groups in total. The van der Waals surface area contributed by atoms with Gasteiger partial charge in [-0.1, -0.05) is 61.6 Å². The van der Waals surface area contributed by atoms with Crippen LogP contribution in [0, 0.1) is 12.8 Å². The van der Waals surface area contributed by atoms with E-state index in [1.807, 2.05) is 6.07 Å². The second-order valence-electron chi connectivity index (χ2n) is 9.37. The third-order valence-electron chi connectivity index (χ3n) is 6.84. The van der Waals surface area contributed by atoms with Crippen molar-refractivity contribution >= 4 is 27.5 Å². The van der Waals surface area contributed by atoms with Crippen LogP contribution in [0.4, 0.5) is 0 Å². The van der Waals surface area contributed by atoms with Crippen molar-refractivity contribution in [3.8, 4) is 11.5 Å². The summed E-state index contributed by atoms with van der Waals surface area (Å²) >= 11 is 0. The smallest absolute Gasteiger partial charge is 0.159 e. The average molecular weight is 434 g/mol. The standard InChI is InChI=1S/C30H31N3/c1-19(2)24-18-26(30-32-25-13-9-10-14-27(25)33(30)5)31-29-20(3)15-16-23(28(24)29)17-21(4)22-11-7-6-8-12-22/h7,9-16,18,21H,1,6,8,17H2,2-5H3. The number of nitrogens with zero attached hydrogens (tertiary/aromatic N) is 3. The Balaban J connectivity index is 1.68. The maximum atomic E-state index is 5.17. The second kappa shape index (κ2) is 8.47. The Hall–Kier alpha value is -3.46. The zero-order valence-corrected chi connectivity index (χ0v) is 20.0. The fraction of sp³-hybridized carbons (Fsp3) is 0.267. The summed E-state index contributed by atoms with van der Waals surface area (Å²) in [5, 5.41) is 1.23. The van der Waals surface area contributed by atoms with Crippen LogP contribution in [0.15, 0.2) is 72.8 Å². The monoisotopic (exact) mass is 433 g/mol. The quantitative estimate of drug-likeness (QED) is 0.325. The summed E-state index contributed by atoms with van der Waals surface area (Å²) in [7, 11) is 2.06. The Morgan fingerprint density at radius 1 is 1.12 bits per heavy atom. The van der Waals surface area contributed by atoms with Gasteiger partial charge in [0.15, 0.2) is 5.82 Å². The van der Waals surface area contributed by atoms with Crippen LogP contribution in [0.1, 0.15) is 43.4 Å². The highest BCUT2D eigenvalue weighted by molar-refractivity contribution is 5.97. The van der Waals surface area contributed by atoms with Crippen molar-refractivity contribution in [1.29, 1.82) is 0 Å². The molecule has 4 aromatic rings. The van der Waals surface area contributed by atoms with Crippen LogP contribution in [0.25, 0.3) is 39.0 Å². The minimum atomic E-state index is 0.463. The van der Waals surface area contributed by atoms with Crippen LogP contribution in [-0.2, 0) is 13.5 Å². The number of imidazole rings is 1. The van der Waals surface area contributed by atoms with Gasteiger partial charge in [-0.15, -0.1) is 0 Å². The van der Waals surface area contributed by atoms with Crippen LogP contribution in [0.5, 0.6) is 0 Å². The van der Waals surface area contributed by atoms with Crippen molar-refractivity contribution in [2.45, 2.75) is 40.0 Å². The normalized spacial score (nSPS) is 14.6. The van der Waals surface area contributed by atoms with Gasteiger partial charge in [-0.05, 0) is 79.5 Å². The highest BCUT2D eigenvalue weighted by Crippen LogP contribution is 2.35. The van der Waals surface area contributed by atoms with E-state index in [1.54, 1.807) is 0 Å². The van der Waals surface area contributed by atoms with Gasteiger partial charge in [-0.2, -0.15) is 0 Å². The van der Waals surface area contributed by atoms with Crippen LogP contribution in [-0.4, -0.2) is 14.5 Å². The summed E-state index contributed by atoms with van der Waals surface area (Å²) in [5.74, 6) is 1.35. The molecule has 0 spiro atoms. The first-order chi connectivity index (χ1) is 15.9. The van der Waals surface area contributed by atoms with E-state index in [0.717, 1.165) is 52.9 Å². The largest absolute Gasteiger partial charge is 0.326 e. The molecule has 3 heteroatoms. The first-order valence-corrected chi connectivity index (χ1v) is 11.8. The van der Waals surface area contributed by atoms with Gasteiger partial charge in [0.25, 0.3) is 0 Å². The summed E-state index contributed by atoms with van der Waals surface area (Å²) < 4.78 is 2.13. The number of pyridine rings is 1. The number of aryl methyl sites for hydroxylation is 2. The van der Waals surface area contributed by atoms with Crippen molar-refractivity contribution in [2.24, 2.45) is 13.0 Å². The Kier molecular flexibility index (Phi) is 5.49. The van der Waals surface area contributed by atoms with Crippen LogP contribution >= 0.6 is 0 Å². The molecule has 1 aliphatic carbocycles. The molecule has 2 heterocycles. The number of aromatic nitrogens is 3. The summed E-state index contributed by atoms with van der Waals surface area (Å²) in [5.41, 5.74) is 10.2. The van der Waals surface area contributed by atoms with E-state index in [0.29, 0.717) is 5.92 Å². The van der Waals surface area contributed by atoms with Gasteiger partial charge in [0, 0.05) is 12.4 Å². The molecule has 0 fully saturated rings. The Morgan fingerprint density at radius 3 is 2.67 bits per heavy atom. The predicted molar refractivity (Wildman–Crippen MR) is 140 cm³/mol. The number of fused-ring (bicyclic) bond motifs is 2. The molecule has 5 rings (SSSR count). The van der Waals surface area contributed by atoms with Crippen LogP contribution in [0.3, 0.4) is 0 Å². The lowest BCUT2D eigenvalue weighted by atomic mass is 9.86. The molecule has 1 atom stereocenters. The van der Waals surface area contributed by atoms with Crippen LogP contribution in [0.2, 0.25) is 0 Å². The Morgan fingerprint density at radius 2 is 1.94 bits per heavy atom. The van der Waals surface area contributed by atoms with Gasteiger partial charge in [0.1, 0.15) is 5.69 Å². The van der Waals surface area contributed by atoms with Crippen molar-refractivity contribution in [3.63, 3.8) is 0 Å². The highest BCUT2D eigenvalue weighted by Gasteiger charge is 2.19. The van der Waals surface area contributed by atoms with Gasteiger partial charge in [-0.25, -0.2) is 9.97 Å².